The molecule has 0 aromatic carbocycles. The maximum Gasteiger partial charge on any atom is 0.516 e. The van der Waals surface area contributed by atoms with Crippen LogP contribution in [0.3, 0.4) is 0 Å². The van der Waals surface area contributed by atoms with Crippen LogP contribution in [0.5, 0.6) is 0 Å². The van der Waals surface area contributed by atoms with E-state index in [4.69, 9.17) is 0 Å². The Balaban J connectivity index is 3.01. The van der Waals surface area contributed by atoms with Crippen LogP contribution in [-0.4, -0.2) is 37.5 Å². The van der Waals surface area contributed by atoms with Crippen LogP contribution >= 0.6 is 0 Å². The van der Waals surface area contributed by atoms with Crippen LogP contribution in [0.25, 0.3) is 0 Å². The van der Waals surface area contributed by atoms with E-state index in [1.54, 1.807) is 0 Å². The molecule has 0 radical (unpaired) electrons. The molecule has 1 rings (SSSR count). The molecule has 0 spiro atoms. The van der Waals surface area contributed by atoms with Gasteiger partial charge in [0.15, 0.2) is 0 Å². The number of sulfonamides is 1. The number of cyclic esters (lactones) is 1. The zero-order valence-corrected chi connectivity index (χ0v) is 6.85. The van der Waals surface area contributed by atoms with E-state index in [1.165, 1.54) is 0 Å². The monoisotopic (exact) mass is 219 g/mol. The quantitative estimate of drug-likeness (QED) is 0.635. The van der Waals surface area contributed by atoms with Crippen LogP contribution in [0.15, 0.2) is 0 Å². The van der Waals surface area contributed by atoms with Gasteiger partial charge in [-0.2, -0.15) is 25.9 Å². The van der Waals surface area contributed by atoms with E-state index in [-0.39, 0.29) is 10.9 Å². The summed E-state index contributed by atoms with van der Waals surface area (Å²) in [5.41, 5.74) is -5.46. The predicted molar refractivity (Wildman–Crippen MR) is 33.0 cm³/mol. The Morgan fingerprint density at radius 1 is 1.38 bits per heavy atom. The number of ether oxygens (including phenoxy) is 1. The van der Waals surface area contributed by atoms with Gasteiger partial charge in [-0.05, 0) is 0 Å². The molecule has 5 nitrogen and oxygen atoms in total. The second-order valence-corrected chi connectivity index (χ2v) is 3.99. The Labute approximate surface area is 71.1 Å². The fourth-order valence-electron chi connectivity index (χ4n) is 0.722. The Morgan fingerprint density at radius 3 is 2.23 bits per heavy atom. The molecule has 0 aromatic rings. The zero-order valence-electron chi connectivity index (χ0n) is 6.04. The van der Waals surface area contributed by atoms with Gasteiger partial charge in [-0.15, -0.1) is 0 Å². The first-order valence-electron chi connectivity index (χ1n) is 3.02. The highest BCUT2D eigenvalue weighted by molar-refractivity contribution is 7.90. The fourth-order valence-corrected chi connectivity index (χ4v) is 1.54. The van der Waals surface area contributed by atoms with E-state index < -0.39 is 28.2 Å². The first-order valence-corrected chi connectivity index (χ1v) is 4.46. The molecule has 1 heterocycles. The summed E-state index contributed by atoms with van der Waals surface area (Å²) in [4.78, 5) is 10.5. The molecule has 0 unspecified atom stereocenters. The summed E-state index contributed by atoms with van der Waals surface area (Å²) < 4.78 is 60.3. The van der Waals surface area contributed by atoms with Crippen molar-refractivity contribution in [3.8, 4) is 0 Å². The highest BCUT2D eigenvalue weighted by Gasteiger charge is 2.53. The molecule has 13 heavy (non-hydrogen) atoms. The molecule has 1 aliphatic heterocycles. The number of alkyl halides is 3. The van der Waals surface area contributed by atoms with Crippen molar-refractivity contribution in [2.75, 3.05) is 13.2 Å². The van der Waals surface area contributed by atoms with E-state index in [1.807, 2.05) is 0 Å². The number of carbonyl (C=O) groups excluding carboxylic acids is 1. The molecular formula is C4H4F3NO4S. The van der Waals surface area contributed by atoms with E-state index in [0.717, 1.165) is 0 Å². The van der Waals surface area contributed by atoms with Crippen molar-refractivity contribution in [1.82, 2.24) is 4.31 Å². The lowest BCUT2D eigenvalue weighted by molar-refractivity contribution is -0.0475. The van der Waals surface area contributed by atoms with Crippen molar-refractivity contribution in [3.05, 3.63) is 0 Å². The summed E-state index contributed by atoms with van der Waals surface area (Å²) in [6.45, 7) is -0.950. The van der Waals surface area contributed by atoms with Gasteiger partial charge in [0.05, 0.1) is 6.54 Å². The number of amides is 1. The van der Waals surface area contributed by atoms with Crippen molar-refractivity contribution in [2.45, 2.75) is 5.51 Å². The molecular weight excluding hydrogens is 215 g/mol. The Bertz CT molecular complexity index is 321. The van der Waals surface area contributed by atoms with Gasteiger partial charge in [0.2, 0.25) is 0 Å². The smallest absolute Gasteiger partial charge is 0.447 e. The van der Waals surface area contributed by atoms with Gasteiger partial charge in [0.25, 0.3) is 0 Å². The minimum absolute atomic E-state index is 0.340. The van der Waals surface area contributed by atoms with Crippen LogP contribution < -0.4 is 0 Å². The average molecular weight is 219 g/mol. The Morgan fingerprint density at radius 2 is 1.92 bits per heavy atom. The largest absolute Gasteiger partial charge is 0.516 e. The lowest BCUT2D eigenvalue weighted by atomic mass is 10.7. The van der Waals surface area contributed by atoms with Gasteiger partial charge in [0.1, 0.15) is 6.61 Å². The Hall–Kier alpha value is -0.990. The van der Waals surface area contributed by atoms with Gasteiger partial charge in [0, 0.05) is 0 Å². The molecule has 0 aromatic heterocycles. The molecule has 1 fully saturated rings. The van der Waals surface area contributed by atoms with E-state index in [9.17, 15) is 26.4 Å². The minimum Gasteiger partial charge on any atom is -0.447 e. The maximum atomic E-state index is 11.8. The first-order chi connectivity index (χ1) is 5.77. The van der Waals surface area contributed by atoms with E-state index in [0.29, 0.717) is 0 Å². The van der Waals surface area contributed by atoms with Crippen LogP contribution in [-0.2, 0) is 14.8 Å². The van der Waals surface area contributed by atoms with Crippen molar-refractivity contribution in [2.24, 2.45) is 0 Å². The summed E-state index contributed by atoms with van der Waals surface area (Å²) in [7, 11) is -5.57. The first kappa shape index (κ1) is 10.1. The third kappa shape index (κ3) is 1.55. The van der Waals surface area contributed by atoms with Gasteiger partial charge in [-0.1, -0.05) is 0 Å². The van der Waals surface area contributed by atoms with Crippen molar-refractivity contribution >= 4 is 16.1 Å². The summed E-state index contributed by atoms with van der Waals surface area (Å²) >= 11 is 0. The summed E-state index contributed by atoms with van der Waals surface area (Å²) in [6.07, 6.45) is -1.49. The third-order valence-corrected chi connectivity index (χ3v) is 2.80. The third-order valence-electron chi connectivity index (χ3n) is 1.31. The van der Waals surface area contributed by atoms with Gasteiger partial charge < -0.3 is 4.74 Å². The second-order valence-electron chi connectivity index (χ2n) is 2.14. The summed E-state index contributed by atoms with van der Waals surface area (Å²) in [5.74, 6) is 0. The fraction of sp³-hybridized carbons (Fsp3) is 0.750. The number of hydrogen-bond acceptors (Lipinski definition) is 4. The normalized spacial score (nSPS) is 19.0. The number of hydrogen-bond donors (Lipinski definition) is 0. The summed E-state index contributed by atoms with van der Waals surface area (Å²) in [5, 5.41) is 0. The zero-order chi connectivity index (χ0) is 10.3. The maximum absolute atomic E-state index is 11.8. The lowest BCUT2D eigenvalue weighted by Gasteiger charge is -2.14. The van der Waals surface area contributed by atoms with E-state index >= 15 is 0 Å². The molecule has 0 saturated carbocycles. The van der Waals surface area contributed by atoms with Crippen molar-refractivity contribution < 1.29 is 31.1 Å². The number of carbonyl (C=O) groups is 1. The highest BCUT2D eigenvalue weighted by Crippen LogP contribution is 2.28. The summed E-state index contributed by atoms with van der Waals surface area (Å²) in [6, 6.07) is 0. The molecule has 0 bridgehead atoms. The van der Waals surface area contributed by atoms with Crippen LogP contribution in [0, 0.1) is 0 Å². The number of halogens is 3. The Kier molecular flexibility index (Phi) is 2.14. The van der Waals surface area contributed by atoms with Gasteiger partial charge >= 0.3 is 21.6 Å². The SMILES string of the molecule is O=C1OCCN1S(=O)(=O)C(F)(F)F. The van der Waals surface area contributed by atoms with Crippen molar-refractivity contribution in [3.63, 3.8) is 0 Å². The molecule has 1 amide bonds. The highest BCUT2D eigenvalue weighted by atomic mass is 32.2. The van der Waals surface area contributed by atoms with Crippen LogP contribution in [0.4, 0.5) is 18.0 Å². The molecule has 1 aliphatic rings. The number of rotatable bonds is 1. The average Bonchev–Trinajstić information content (AvgIpc) is 2.32. The molecule has 0 atom stereocenters. The molecule has 9 heteroatoms. The lowest BCUT2D eigenvalue weighted by Crippen LogP contribution is -2.41. The molecule has 0 N–H and O–H groups in total. The topological polar surface area (TPSA) is 63.7 Å². The molecule has 0 aliphatic carbocycles. The second kappa shape index (κ2) is 2.76. The molecule has 1 saturated heterocycles. The van der Waals surface area contributed by atoms with Gasteiger partial charge in [-0.25, -0.2) is 4.79 Å². The van der Waals surface area contributed by atoms with E-state index in [2.05, 4.69) is 4.74 Å². The van der Waals surface area contributed by atoms with Crippen LogP contribution in [0.1, 0.15) is 0 Å². The van der Waals surface area contributed by atoms with Gasteiger partial charge in [-0.3, -0.25) is 0 Å². The number of nitrogens with zero attached hydrogens (tertiary/aromatic N) is 1. The van der Waals surface area contributed by atoms with Crippen LogP contribution in [0.2, 0.25) is 0 Å². The molecule has 76 valence electrons. The van der Waals surface area contributed by atoms with Crippen molar-refractivity contribution in [1.29, 1.82) is 0 Å². The standard InChI is InChI=1S/C4H4F3NO4S/c5-4(6,7)13(10,11)8-1-2-12-3(8)9/h1-2H2. The minimum atomic E-state index is -5.57. The predicted octanol–water partition coefficient (Wildman–Crippen LogP) is 0.288.